The lowest BCUT2D eigenvalue weighted by atomic mass is 10.3. The van der Waals surface area contributed by atoms with Gasteiger partial charge in [0.15, 0.2) is 5.82 Å². The molecule has 1 aromatic heterocycles. The number of aromatic nitrogens is 2. The molecule has 5 heteroatoms. The number of halogens is 1. The van der Waals surface area contributed by atoms with Gasteiger partial charge >= 0.3 is 0 Å². The van der Waals surface area contributed by atoms with E-state index >= 15 is 0 Å². The Labute approximate surface area is 85.4 Å². The van der Waals surface area contributed by atoms with Gasteiger partial charge in [-0.1, -0.05) is 6.07 Å². The highest BCUT2D eigenvalue weighted by Crippen LogP contribution is 2.13. The van der Waals surface area contributed by atoms with Gasteiger partial charge in [-0.15, -0.1) is 5.10 Å². The number of hydrogen-bond acceptors (Lipinski definition) is 3. The summed E-state index contributed by atoms with van der Waals surface area (Å²) in [7, 11) is 0. The summed E-state index contributed by atoms with van der Waals surface area (Å²) in [5, 5.41) is 12.6. The Hall–Kier alpha value is -2.35. The monoisotopic (exact) mass is 202 g/mol. The van der Waals surface area contributed by atoms with Crippen LogP contribution >= 0.6 is 0 Å². The second-order valence-electron chi connectivity index (χ2n) is 2.96. The van der Waals surface area contributed by atoms with E-state index in [0.717, 1.165) is 0 Å². The highest BCUT2D eigenvalue weighted by Gasteiger charge is 2.06. The van der Waals surface area contributed by atoms with Crippen LogP contribution in [0.5, 0.6) is 0 Å². The normalized spacial score (nSPS) is 9.87. The van der Waals surface area contributed by atoms with Crippen molar-refractivity contribution in [1.29, 1.82) is 5.26 Å². The van der Waals surface area contributed by atoms with Gasteiger partial charge in [0.1, 0.15) is 17.4 Å². The minimum absolute atomic E-state index is 0.141. The molecule has 2 N–H and O–H groups in total. The number of nitrogen functional groups attached to an aromatic ring is 1. The standard InChI is InChI=1S/C10H7FN4/c11-8-2-1-3-9(4-8)15-6-7(5-12)10(13)14-15/h1-4,6H,(H2,13,14). The fourth-order valence-electron chi connectivity index (χ4n) is 1.22. The number of anilines is 1. The summed E-state index contributed by atoms with van der Waals surface area (Å²) in [4.78, 5) is 0. The molecule has 0 spiro atoms. The topological polar surface area (TPSA) is 67.6 Å². The molecule has 0 aliphatic carbocycles. The third kappa shape index (κ3) is 1.65. The summed E-state index contributed by atoms with van der Waals surface area (Å²) in [6.07, 6.45) is 1.46. The van der Waals surface area contributed by atoms with Gasteiger partial charge < -0.3 is 5.73 Å². The van der Waals surface area contributed by atoms with Crippen molar-refractivity contribution in [2.24, 2.45) is 0 Å². The molecular weight excluding hydrogens is 195 g/mol. The molecule has 0 saturated heterocycles. The van der Waals surface area contributed by atoms with Crippen molar-refractivity contribution in [3.63, 3.8) is 0 Å². The molecule has 0 bridgehead atoms. The Kier molecular flexibility index (Phi) is 2.10. The van der Waals surface area contributed by atoms with Crippen molar-refractivity contribution in [2.75, 3.05) is 5.73 Å². The fraction of sp³-hybridized carbons (Fsp3) is 0. The highest BCUT2D eigenvalue weighted by atomic mass is 19.1. The zero-order chi connectivity index (χ0) is 10.8. The van der Waals surface area contributed by atoms with E-state index in [1.807, 2.05) is 6.07 Å². The molecular formula is C10H7FN4. The molecule has 0 fully saturated rings. The van der Waals surface area contributed by atoms with E-state index in [4.69, 9.17) is 11.0 Å². The van der Waals surface area contributed by atoms with E-state index in [9.17, 15) is 4.39 Å². The van der Waals surface area contributed by atoms with E-state index in [-0.39, 0.29) is 17.2 Å². The molecule has 74 valence electrons. The average molecular weight is 202 g/mol. The first-order valence-corrected chi connectivity index (χ1v) is 4.22. The summed E-state index contributed by atoms with van der Waals surface area (Å²) in [5.41, 5.74) is 6.29. The minimum atomic E-state index is -0.361. The Morgan fingerprint density at radius 3 is 2.87 bits per heavy atom. The lowest BCUT2D eigenvalue weighted by Gasteiger charge is -1.99. The van der Waals surface area contributed by atoms with Crippen LogP contribution in [0.2, 0.25) is 0 Å². The summed E-state index contributed by atoms with van der Waals surface area (Å²) >= 11 is 0. The van der Waals surface area contributed by atoms with Crippen LogP contribution in [0.1, 0.15) is 5.56 Å². The Morgan fingerprint density at radius 2 is 2.27 bits per heavy atom. The predicted molar refractivity (Wildman–Crippen MR) is 52.6 cm³/mol. The third-order valence-corrected chi connectivity index (χ3v) is 1.94. The number of hydrogen-bond donors (Lipinski definition) is 1. The lowest BCUT2D eigenvalue weighted by Crippen LogP contribution is -1.96. The summed E-state index contributed by atoms with van der Waals surface area (Å²) in [5.74, 6) is -0.221. The molecule has 15 heavy (non-hydrogen) atoms. The maximum Gasteiger partial charge on any atom is 0.163 e. The summed E-state index contributed by atoms with van der Waals surface area (Å²) < 4.78 is 14.3. The van der Waals surface area contributed by atoms with E-state index in [1.54, 1.807) is 12.1 Å². The van der Waals surface area contributed by atoms with Gasteiger partial charge in [-0.25, -0.2) is 9.07 Å². The van der Waals surface area contributed by atoms with Crippen LogP contribution in [0.25, 0.3) is 5.69 Å². The number of nitrogens with zero attached hydrogens (tertiary/aromatic N) is 3. The molecule has 4 nitrogen and oxygen atoms in total. The Balaban J connectivity index is 2.51. The van der Waals surface area contributed by atoms with Crippen molar-refractivity contribution in [3.05, 3.63) is 41.8 Å². The van der Waals surface area contributed by atoms with E-state index in [0.29, 0.717) is 5.69 Å². The number of rotatable bonds is 1. The van der Waals surface area contributed by atoms with E-state index < -0.39 is 0 Å². The smallest absolute Gasteiger partial charge is 0.163 e. The molecule has 1 heterocycles. The molecule has 0 aliphatic heterocycles. The van der Waals surface area contributed by atoms with Crippen LogP contribution in [-0.2, 0) is 0 Å². The van der Waals surface area contributed by atoms with Gasteiger partial charge in [-0.2, -0.15) is 5.26 Å². The molecule has 2 aromatic rings. The predicted octanol–water partition coefficient (Wildman–Crippen LogP) is 1.47. The van der Waals surface area contributed by atoms with Gasteiger partial charge in [0.05, 0.1) is 11.9 Å². The first kappa shape index (κ1) is 9.21. The summed E-state index contributed by atoms with van der Waals surface area (Å²) in [6.45, 7) is 0. The number of benzene rings is 1. The molecule has 0 aliphatic rings. The third-order valence-electron chi connectivity index (χ3n) is 1.94. The number of nitrogens with two attached hydrogens (primary N) is 1. The fourth-order valence-corrected chi connectivity index (χ4v) is 1.22. The summed E-state index contributed by atoms with van der Waals surface area (Å²) in [6, 6.07) is 7.79. The molecule has 1 aromatic carbocycles. The molecule has 0 amide bonds. The zero-order valence-electron chi connectivity index (χ0n) is 7.68. The van der Waals surface area contributed by atoms with Gasteiger partial charge in [0.25, 0.3) is 0 Å². The maximum atomic E-state index is 12.9. The Morgan fingerprint density at radius 1 is 1.47 bits per heavy atom. The van der Waals surface area contributed by atoms with Gasteiger partial charge in [-0.05, 0) is 18.2 Å². The second kappa shape index (κ2) is 3.42. The van der Waals surface area contributed by atoms with Gasteiger partial charge in [-0.3, -0.25) is 0 Å². The van der Waals surface area contributed by atoms with Gasteiger partial charge in [0.2, 0.25) is 0 Å². The zero-order valence-corrected chi connectivity index (χ0v) is 7.68. The van der Waals surface area contributed by atoms with Crippen molar-refractivity contribution >= 4 is 5.82 Å². The van der Waals surface area contributed by atoms with Crippen LogP contribution in [-0.4, -0.2) is 9.78 Å². The SMILES string of the molecule is N#Cc1cn(-c2cccc(F)c2)nc1N. The second-order valence-corrected chi connectivity index (χ2v) is 2.96. The number of nitriles is 1. The van der Waals surface area contributed by atoms with Crippen molar-refractivity contribution < 1.29 is 4.39 Å². The molecule has 0 radical (unpaired) electrons. The minimum Gasteiger partial charge on any atom is -0.381 e. The Bertz CT molecular complexity index is 539. The molecule has 0 saturated carbocycles. The molecule has 0 unspecified atom stereocenters. The largest absolute Gasteiger partial charge is 0.381 e. The van der Waals surface area contributed by atoms with Crippen LogP contribution in [0.3, 0.4) is 0 Å². The maximum absolute atomic E-state index is 12.9. The average Bonchev–Trinajstić information content (AvgIpc) is 2.60. The van der Waals surface area contributed by atoms with Crippen molar-refractivity contribution in [3.8, 4) is 11.8 Å². The first-order valence-electron chi connectivity index (χ1n) is 4.22. The lowest BCUT2D eigenvalue weighted by molar-refractivity contribution is 0.625. The van der Waals surface area contributed by atoms with Crippen LogP contribution < -0.4 is 5.73 Å². The van der Waals surface area contributed by atoms with E-state index in [2.05, 4.69) is 5.10 Å². The van der Waals surface area contributed by atoms with Crippen molar-refractivity contribution in [1.82, 2.24) is 9.78 Å². The first-order chi connectivity index (χ1) is 7.20. The van der Waals surface area contributed by atoms with Crippen LogP contribution in [0.4, 0.5) is 10.2 Å². The molecule has 2 rings (SSSR count). The van der Waals surface area contributed by atoms with Crippen molar-refractivity contribution in [2.45, 2.75) is 0 Å². The quantitative estimate of drug-likeness (QED) is 0.761. The highest BCUT2D eigenvalue weighted by molar-refractivity contribution is 5.48. The van der Waals surface area contributed by atoms with Crippen LogP contribution in [0.15, 0.2) is 30.5 Å². The van der Waals surface area contributed by atoms with Crippen LogP contribution in [0, 0.1) is 17.1 Å². The van der Waals surface area contributed by atoms with Gasteiger partial charge in [0, 0.05) is 0 Å². The van der Waals surface area contributed by atoms with E-state index in [1.165, 1.54) is 23.0 Å². The molecule has 0 atom stereocenters.